The third-order valence-corrected chi connectivity index (χ3v) is 1.79. The first-order valence-corrected chi connectivity index (χ1v) is 4.84. The summed E-state index contributed by atoms with van der Waals surface area (Å²) < 4.78 is 10.5. The predicted octanol–water partition coefficient (Wildman–Crippen LogP) is 3.01. The SMILES string of the molecule is C=COCCCCOc1ccccc1. The number of para-hydroxylation sites is 1. The number of hydrogen-bond donors (Lipinski definition) is 0. The van der Waals surface area contributed by atoms with Crippen molar-refractivity contribution >= 4 is 0 Å². The van der Waals surface area contributed by atoms with Crippen molar-refractivity contribution < 1.29 is 9.47 Å². The minimum absolute atomic E-state index is 0.724. The van der Waals surface area contributed by atoms with Crippen LogP contribution in [0, 0.1) is 0 Å². The molecule has 76 valence electrons. The van der Waals surface area contributed by atoms with E-state index in [1.54, 1.807) is 0 Å². The van der Waals surface area contributed by atoms with E-state index in [-0.39, 0.29) is 0 Å². The van der Waals surface area contributed by atoms with Gasteiger partial charge in [-0.25, -0.2) is 0 Å². The summed E-state index contributed by atoms with van der Waals surface area (Å²) in [5, 5.41) is 0. The monoisotopic (exact) mass is 192 g/mol. The summed E-state index contributed by atoms with van der Waals surface area (Å²) in [4.78, 5) is 0. The van der Waals surface area contributed by atoms with Crippen LogP contribution < -0.4 is 4.74 Å². The minimum Gasteiger partial charge on any atom is -0.502 e. The third-order valence-electron chi connectivity index (χ3n) is 1.79. The maximum absolute atomic E-state index is 5.50. The molecule has 0 saturated heterocycles. The quantitative estimate of drug-likeness (QED) is 0.488. The summed E-state index contributed by atoms with van der Waals surface area (Å²) in [5.74, 6) is 0.928. The molecule has 0 aliphatic carbocycles. The van der Waals surface area contributed by atoms with Gasteiger partial charge in [0.05, 0.1) is 19.5 Å². The summed E-state index contributed by atoms with van der Waals surface area (Å²) in [6.07, 6.45) is 3.47. The van der Waals surface area contributed by atoms with Gasteiger partial charge in [-0.2, -0.15) is 0 Å². The van der Waals surface area contributed by atoms with E-state index in [4.69, 9.17) is 9.47 Å². The van der Waals surface area contributed by atoms with Gasteiger partial charge in [-0.05, 0) is 25.0 Å². The smallest absolute Gasteiger partial charge is 0.119 e. The van der Waals surface area contributed by atoms with E-state index in [9.17, 15) is 0 Å². The van der Waals surface area contributed by atoms with Crippen LogP contribution in [-0.4, -0.2) is 13.2 Å². The van der Waals surface area contributed by atoms with Gasteiger partial charge in [0.2, 0.25) is 0 Å². The molecule has 1 rings (SSSR count). The van der Waals surface area contributed by atoms with E-state index in [0.29, 0.717) is 0 Å². The molecule has 0 heterocycles. The fraction of sp³-hybridized carbons (Fsp3) is 0.333. The Morgan fingerprint density at radius 1 is 1.07 bits per heavy atom. The molecule has 0 unspecified atom stereocenters. The molecule has 0 N–H and O–H groups in total. The molecular formula is C12H16O2. The van der Waals surface area contributed by atoms with Crippen molar-refractivity contribution in [1.82, 2.24) is 0 Å². The largest absolute Gasteiger partial charge is 0.502 e. The van der Waals surface area contributed by atoms with Gasteiger partial charge in [0.15, 0.2) is 0 Å². The Morgan fingerprint density at radius 3 is 2.50 bits per heavy atom. The molecule has 0 bridgehead atoms. The first-order valence-electron chi connectivity index (χ1n) is 4.84. The highest BCUT2D eigenvalue weighted by atomic mass is 16.5. The second-order valence-electron chi connectivity index (χ2n) is 2.91. The highest BCUT2D eigenvalue weighted by Crippen LogP contribution is 2.08. The number of ether oxygens (including phenoxy) is 2. The minimum atomic E-state index is 0.724. The fourth-order valence-electron chi connectivity index (χ4n) is 1.08. The molecule has 1 aromatic rings. The number of hydrogen-bond acceptors (Lipinski definition) is 2. The Labute approximate surface area is 85.2 Å². The van der Waals surface area contributed by atoms with E-state index < -0.39 is 0 Å². The average Bonchev–Trinajstić information content (AvgIpc) is 2.25. The lowest BCUT2D eigenvalue weighted by Crippen LogP contribution is -1.98. The van der Waals surface area contributed by atoms with Crippen molar-refractivity contribution in [2.75, 3.05) is 13.2 Å². The molecular weight excluding hydrogens is 176 g/mol. The molecule has 2 nitrogen and oxygen atoms in total. The average molecular weight is 192 g/mol. The maximum atomic E-state index is 5.50. The van der Waals surface area contributed by atoms with Crippen LogP contribution in [0.5, 0.6) is 5.75 Å². The zero-order valence-corrected chi connectivity index (χ0v) is 8.32. The summed E-state index contributed by atoms with van der Waals surface area (Å²) in [6, 6.07) is 9.83. The lowest BCUT2D eigenvalue weighted by Gasteiger charge is -2.05. The Balaban J connectivity index is 2.02. The van der Waals surface area contributed by atoms with Crippen LogP contribution in [0.4, 0.5) is 0 Å². The van der Waals surface area contributed by atoms with Gasteiger partial charge < -0.3 is 9.47 Å². The summed E-state index contributed by atoms with van der Waals surface area (Å²) in [5.41, 5.74) is 0. The molecule has 0 spiro atoms. The Hall–Kier alpha value is -1.44. The Bertz CT molecular complexity index is 244. The molecule has 1 aromatic carbocycles. The van der Waals surface area contributed by atoms with E-state index in [0.717, 1.165) is 31.8 Å². The molecule has 0 amide bonds. The highest BCUT2D eigenvalue weighted by molar-refractivity contribution is 5.20. The second kappa shape index (κ2) is 7.01. The van der Waals surface area contributed by atoms with Gasteiger partial charge in [-0.15, -0.1) is 0 Å². The Morgan fingerprint density at radius 2 is 1.79 bits per heavy atom. The van der Waals surface area contributed by atoms with Crippen molar-refractivity contribution in [3.63, 3.8) is 0 Å². The van der Waals surface area contributed by atoms with Crippen molar-refractivity contribution in [3.05, 3.63) is 43.2 Å². The topological polar surface area (TPSA) is 18.5 Å². The van der Waals surface area contributed by atoms with Gasteiger partial charge in [0.25, 0.3) is 0 Å². The third kappa shape index (κ3) is 4.55. The van der Waals surface area contributed by atoms with E-state index >= 15 is 0 Å². The zero-order valence-electron chi connectivity index (χ0n) is 8.32. The maximum Gasteiger partial charge on any atom is 0.119 e. The number of benzene rings is 1. The number of rotatable bonds is 7. The van der Waals surface area contributed by atoms with Gasteiger partial charge in [-0.3, -0.25) is 0 Å². The van der Waals surface area contributed by atoms with Gasteiger partial charge >= 0.3 is 0 Å². The fourth-order valence-corrected chi connectivity index (χ4v) is 1.08. The molecule has 0 aliphatic heterocycles. The summed E-state index contributed by atoms with van der Waals surface area (Å²) >= 11 is 0. The molecule has 0 radical (unpaired) electrons. The van der Waals surface area contributed by atoms with Crippen LogP contribution in [0.25, 0.3) is 0 Å². The van der Waals surface area contributed by atoms with Gasteiger partial charge in [-0.1, -0.05) is 24.8 Å². The molecule has 14 heavy (non-hydrogen) atoms. The van der Waals surface area contributed by atoms with Crippen molar-refractivity contribution in [2.45, 2.75) is 12.8 Å². The van der Waals surface area contributed by atoms with Crippen LogP contribution in [0.2, 0.25) is 0 Å². The van der Waals surface area contributed by atoms with Crippen LogP contribution in [0.1, 0.15) is 12.8 Å². The van der Waals surface area contributed by atoms with E-state index in [2.05, 4.69) is 6.58 Å². The van der Waals surface area contributed by atoms with Crippen molar-refractivity contribution in [2.24, 2.45) is 0 Å². The molecule has 0 aliphatic rings. The molecule has 2 heteroatoms. The Kier molecular flexibility index (Phi) is 5.33. The van der Waals surface area contributed by atoms with Crippen LogP contribution in [0.3, 0.4) is 0 Å². The molecule has 0 atom stereocenters. The van der Waals surface area contributed by atoms with Crippen LogP contribution in [-0.2, 0) is 4.74 Å². The predicted molar refractivity (Wildman–Crippen MR) is 57.3 cm³/mol. The summed E-state index contributed by atoms with van der Waals surface area (Å²) in [7, 11) is 0. The van der Waals surface area contributed by atoms with Crippen molar-refractivity contribution in [3.8, 4) is 5.75 Å². The van der Waals surface area contributed by atoms with Gasteiger partial charge in [0, 0.05) is 0 Å². The van der Waals surface area contributed by atoms with Crippen LogP contribution in [0.15, 0.2) is 43.2 Å². The normalized spacial score (nSPS) is 9.43. The first-order chi connectivity index (χ1) is 6.93. The second-order valence-corrected chi connectivity index (χ2v) is 2.91. The standard InChI is InChI=1S/C12H16O2/c1-2-13-10-6-7-11-14-12-8-4-3-5-9-12/h2-5,8-9H,1,6-7,10-11H2. The summed E-state index contributed by atoms with van der Waals surface area (Å²) in [6.45, 7) is 4.94. The lowest BCUT2D eigenvalue weighted by molar-refractivity contribution is 0.226. The zero-order chi connectivity index (χ0) is 10.1. The van der Waals surface area contributed by atoms with E-state index in [1.165, 1.54) is 6.26 Å². The molecule has 0 saturated carbocycles. The number of unbranched alkanes of at least 4 members (excludes halogenated alkanes) is 1. The van der Waals surface area contributed by atoms with Crippen LogP contribution >= 0.6 is 0 Å². The first kappa shape index (κ1) is 10.6. The highest BCUT2D eigenvalue weighted by Gasteiger charge is 1.91. The molecule has 0 aromatic heterocycles. The van der Waals surface area contributed by atoms with Crippen molar-refractivity contribution in [1.29, 1.82) is 0 Å². The molecule has 0 fully saturated rings. The van der Waals surface area contributed by atoms with E-state index in [1.807, 2.05) is 30.3 Å². The van der Waals surface area contributed by atoms with Gasteiger partial charge in [0.1, 0.15) is 5.75 Å². The lowest BCUT2D eigenvalue weighted by atomic mass is 10.3.